The van der Waals surface area contributed by atoms with Crippen LogP contribution in [0.15, 0.2) is 69.6 Å². The summed E-state index contributed by atoms with van der Waals surface area (Å²) < 4.78 is 13.2. The summed E-state index contributed by atoms with van der Waals surface area (Å²) in [5.74, 6) is 1.15. The largest absolute Gasteiger partial charge is 0.496 e. The quantitative estimate of drug-likeness (QED) is 0.509. The van der Waals surface area contributed by atoms with Crippen LogP contribution in [-0.2, 0) is 4.79 Å². The zero-order valence-corrected chi connectivity index (χ0v) is 21.4. The van der Waals surface area contributed by atoms with E-state index in [9.17, 15) is 9.59 Å². The van der Waals surface area contributed by atoms with E-state index in [1.165, 1.54) is 11.3 Å². The van der Waals surface area contributed by atoms with Crippen LogP contribution in [0, 0.1) is 0 Å². The van der Waals surface area contributed by atoms with Gasteiger partial charge in [0.1, 0.15) is 17.5 Å². The Kier molecular flexibility index (Phi) is 7.21. The van der Waals surface area contributed by atoms with Gasteiger partial charge in [-0.3, -0.25) is 14.2 Å². The molecular formula is C27H29N3O4S. The van der Waals surface area contributed by atoms with Crippen LogP contribution in [0.4, 0.5) is 0 Å². The van der Waals surface area contributed by atoms with Crippen LogP contribution in [0.2, 0.25) is 0 Å². The van der Waals surface area contributed by atoms with Crippen molar-refractivity contribution in [3.8, 4) is 11.5 Å². The number of carbonyl (C=O) groups excluding carboxylic acids is 1. The predicted molar refractivity (Wildman–Crippen MR) is 138 cm³/mol. The zero-order valence-electron chi connectivity index (χ0n) is 20.6. The SMILES string of the molecule is CCN(CC)C(=O)C1=C(C)N=c2s/c(=C/c3ccccc3OC)c(=O)n2[C@H]1c1ccccc1OC. The average Bonchev–Trinajstić information content (AvgIpc) is 3.18. The van der Waals surface area contributed by atoms with Crippen molar-refractivity contribution in [3.63, 3.8) is 0 Å². The zero-order chi connectivity index (χ0) is 25.1. The van der Waals surface area contributed by atoms with Gasteiger partial charge in [-0.15, -0.1) is 0 Å². The van der Waals surface area contributed by atoms with Crippen LogP contribution >= 0.6 is 11.3 Å². The number of amides is 1. The van der Waals surface area contributed by atoms with E-state index in [-0.39, 0.29) is 11.5 Å². The van der Waals surface area contributed by atoms with Gasteiger partial charge in [-0.1, -0.05) is 47.7 Å². The van der Waals surface area contributed by atoms with Gasteiger partial charge < -0.3 is 14.4 Å². The van der Waals surface area contributed by atoms with Gasteiger partial charge >= 0.3 is 0 Å². The van der Waals surface area contributed by atoms with Gasteiger partial charge in [-0.05, 0) is 39.0 Å². The van der Waals surface area contributed by atoms with E-state index in [1.54, 1.807) is 23.7 Å². The number of hydrogen-bond acceptors (Lipinski definition) is 6. The molecule has 1 aliphatic heterocycles. The van der Waals surface area contributed by atoms with Crippen molar-refractivity contribution in [2.24, 2.45) is 4.99 Å². The Balaban J connectivity index is 2.01. The average molecular weight is 492 g/mol. The van der Waals surface area contributed by atoms with Crippen LogP contribution < -0.4 is 24.4 Å². The van der Waals surface area contributed by atoms with E-state index in [2.05, 4.69) is 0 Å². The minimum atomic E-state index is -0.657. The van der Waals surface area contributed by atoms with E-state index < -0.39 is 6.04 Å². The number of ether oxygens (including phenoxy) is 2. The second kappa shape index (κ2) is 10.3. The molecule has 3 aromatic rings. The molecule has 182 valence electrons. The summed E-state index contributed by atoms with van der Waals surface area (Å²) in [6.07, 6.45) is 1.81. The number of aromatic nitrogens is 1. The number of fused-ring (bicyclic) bond motifs is 1. The summed E-state index contributed by atoms with van der Waals surface area (Å²) in [6, 6.07) is 14.4. The summed E-state index contributed by atoms with van der Waals surface area (Å²) >= 11 is 1.30. The van der Waals surface area contributed by atoms with Gasteiger partial charge in [0.05, 0.1) is 30.0 Å². The Bertz CT molecular complexity index is 1460. The van der Waals surface area contributed by atoms with E-state index in [1.807, 2.05) is 75.4 Å². The molecule has 0 saturated carbocycles. The number of benzene rings is 2. The second-order valence-corrected chi connectivity index (χ2v) is 9.05. The Morgan fingerprint density at radius 1 is 1.06 bits per heavy atom. The molecule has 0 fully saturated rings. The summed E-state index contributed by atoms with van der Waals surface area (Å²) in [6.45, 7) is 6.83. The Morgan fingerprint density at radius 3 is 2.34 bits per heavy atom. The lowest BCUT2D eigenvalue weighted by Crippen LogP contribution is -2.43. The summed E-state index contributed by atoms with van der Waals surface area (Å²) in [4.78, 5) is 34.5. The fourth-order valence-corrected chi connectivity index (χ4v) is 5.43. The molecule has 4 rings (SSSR count). The number of rotatable bonds is 7. The number of carbonyl (C=O) groups is 1. The minimum absolute atomic E-state index is 0.133. The molecule has 0 N–H and O–H groups in total. The first-order valence-corrected chi connectivity index (χ1v) is 12.3. The first-order chi connectivity index (χ1) is 16.9. The number of likely N-dealkylation sites (N-methyl/N-ethyl adjacent to an activating group) is 1. The second-order valence-electron chi connectivity index (χ2n) is 8.04. The maximum absolute atomic E-state index is 13.8. The number of para-hydroxylation sites is 2. The molecule has 0 unspecified atom stereocenters. The smallest absolute Gasteiger partial charge is 0.271 e. The Labute approximate surface area is 208 Å². The maximum Gasteiger partial charge on any atom is 0.271 e. The lowest BCUT2D eigenvalue weighted by Gasteiger charge is -2.29. The van der Waals surface area contributed by atoms with Crippen LogP contribution in [0.1, 0.15) is 37.9 Å². The molecule has 1 aromatic heterocycles. The van der Waals surface area contributed by atoms with E-state index in [0.717, 1.165) is 11.1 Å². The first kappa shape index (κ1) is 24.5. The molecular weight excluding hydrogens is 462 g/mol. The summed E-state index contributed by atoms with van der Waals surface area (Å²) in [7, 11) is 3.19. The van der Waals surface area contributed by atoms with Gasteiger partial charge in [-0.2, -0.15) is 0 Å². The maximum atomic E-state index is 13.8. The lowest BCUT2D eigenvalue weighted by atomic mass is 9.94. The molecule has 0 bridgehead atoms. The molecule has 1 atom stereocenters. The van der Waals surface area contributed by atoms with Gasteiger partial charge in [0, 0.05) is 24.2 Å². The molecule has 8 heteroatoms. The van der Waals surface area contributed by atoms with Crippen molar-refractivity contribution in [2.75, 3.05) is 27.3 Å². The Hall–Kier alpha value is -3.65. The van der Waals surface area contributed by atoms with Crippen molar-refractivity contribution >= 4 is 23.3 Å². The van der Waals surface area contributed by atoms with E-state index in [0.29, 0.717) is 45.2 Å². The fraction of sp³-hybridized carbons (Fsp3) is 0.296. The molecule has 0 spiro atoms. The van der Waals surface area contributed by atoms with Crippen molar-refractivity contribution in [1.29, 1.82) is 0 Å². The van der Waals surface area contributed by atoms with E-state index >= 15 is 0 Å². The molecule has 35 heavy (non-hydrogen) atoms. The molecule has 1 amide bonds. The first-order valence-electron chi connectivity index (χ1n) is 11.5. The highest BCUT2D eigenvalue weighted by atomic mass is 32.1. The number of nitrogens with zero attached hydrogens (tertiary/aromatic N) is 3. The highest BCUT2D eigenvalue weighted by Crippen LogP contribution is 2.36. The molecule has 7 nitrogen and oxygen atoms in total. The third-order valence-electron chi connectivity index (χ3n) is 6.16. The van der Waals surface area contributed by atoms with Gasteiger partial charge in [0.25, 0.3) is 11.5 Å². The highest BCUT2D eigenvalue weighted by Gasteiger charge is 2.35. The van der Waals surface area contributed by atoms with Crippen molar-refractivity contribution in [1.82, 2.24) is 9.47 Å². The topological polar surface area (TPSA) is 73.1 Å². The molecule has 1 aliphatic rings. The van der Waals surface area contributed by atoms with Crippen LogP contribution in [0.5, 0.6) is 11.5 Å². The third-order valence-corrected chi connectivity index (χ3v) is 7.14. The number of thiazole rings is 1. The molecule has 2 aromatic carbocycles. The predicted octanol–water partition coefficient (Wildman–Crippen LogP) is 3.12. The van der Waals surface area contributed by atoms with Gasteiger partial charge in [-0.25, -0.2) is 4.99 Å². The van der Waals surface area contributed by atoms with Crippen LogP contribution in [-0.4, -0.2) is 42.7 Å². The summed E-state index contributed by atoms with van der Waals surface area (Å²) in [5, 5.41) is 0. The highest BCUT2D eigenvalue weighted by molar-refractivity contribution is 7.07. The van der Waals surface area contributed by atoms with Crippen molar-refractivity contribution in [2.45, 2.75) is 26.8 Å². The Morgan fingerprint density at radius 2 is 1.69 bits per heavy atom. The normalized spacial score (nSPS) is 15.5. The number of methoxy groups -OCH3 is 2. The third kappa shape index (κ3) is 4.41. The van der Waals surface area contributed by atoms with Crippen LogP contribution in [0.3, 0.4) is 0 Å². The minimum Gasteiger partial charge on any atom is -0.496 e. The van der Waals surface area contributed by atoms with Gasteiger partial charge in [0.15, 0.2) is 4.80 Å². The fourth-order valence-electron chi connectivity index (χ4n) is 4.39. The summed E-state index contributed by atoms with van der Waals surface area (Å²) in [5.41, 5.74) is 2.40. The molecule has 0 radical (unpaired) electrons. The van der Waals surface area contributed by atoms with Crippen molar-refractivity contribution in [3.05, 3.63) is 90.6 Å². The lowest BCUT2D eigenvalue weighted by molar-refractivity contribution is -0.127. The van der Waals surface area contributed by atoms with Gasteiger partial charge in [0.2, 0.25) is 0 Å². The number of hydrogen-bond donors (Lipinski definition) is 0. The standard InChI is InChI=1S/C27H29N3O4S/c1-6-29(7-2)26(32)23-17(3)28-27-30(24(23)19-13-9-11-15-21(19)34-5)25(31)22(35-27)16-18-12-8-10-14-20(18)33-4/h8-16,24H,6-7H2,1-5H3/b22-16+/t24-/m0/s1. The van der Waals surface area contributed by atoms with Crippen LogP contribution in [0.25, 0.3) is 6.08 Å². The molecule has 0 aliphatic carbocycles. The molecule has 2 heterocycles. The molecule has 0 saturated heterocycles. The monoisotopic (exact) mass is 491 g/mol. The number of allylic oxidation sites excluding steroid dienone is 1. The van der Waals surface area contributed by atoms with Crippen molar-refractivity contribution < 1.29 is 14.3 Å². The van der Waals surface area contributed by atoms with E-state index in [4.69, 9.17) is 14.5 Å².